The summed E-state index contributed by atoms with van der Waals surface area (Å²) in [6.45, 7) is 6.43. The van der Waals surface area contributed by atoms with Crippen LogP contribution in [0, 0.1) is 6.92 Å². The number of thioether (sulfide) groups is 1. The average molecular weight is 341 g/mol. The van der Waals surface area contributed by atoms with Crippen molar-refractivity contribution in [1.82, 2.24) is 14.9 Å². The zero-order valence-corrected chi connectivity index (χ0v) is 14.8. The third kappa shape index (κ3) is 3.19. The van der Waals surface area contributed by atoms with Gasteiger partial charge in [0.2, 0.25) is 0 Å². The van der Waals surface area contributed by atoms with Gasteiger partial charge in [-0.3, -0.25) is 14.5 Å². The molecule has 2 amide bonds. The topological polar surface area (TPSA) is 63.2 Å². The van der Waals surface area contributed by atoms with Crippen molar-refractivity contribution in [3.05, 3.63) is 53.0 Å². The highest BCUT2D eigenvalue weighted by Crippen LogP contribution is 2.24. The zero-order chi connectivity index (χ0) is 17.3. The molecule has 1 aromatic carbocycles. The van der Waals surface area contributed by atoms with Crippen LogP contribution in [0.3, 0.4) is 0 Å². The summed E-state index contributed by atoms with van der Waals surface area (Å²) in [6, 6.07) is 8.88. The lowest BCUT2D eigenvalue weighted by Crippen LogP contribution is -2.31. The first kappa shape index (κ1) is 16.6. The van der Waals surface area contributed by atoms with Gasteiger partial charge in [-0.05, 0) is 25.1 Å². The van der Waals surface area contributed by atoms with Gasteiger partial charge in [0.05, 0.1) is 11.1 Å². The lowest BCUT2D eigenvalue weighted by Gasteiger charge is -2.13. The summed E-state index contributed by atoms with van der Waals surface area (Å²) in [5, 5.41) is 0.878. The van der Waals surface area contributed by atoms with Crippen LogP contribution in [0.15, 0.2) is 35.4 Å². The third-order valence-electron chi connectivity index (χ3n) is 3.81. The summed E-state index contributed by atoms with van der Waals surface area (Å²) < 4.78 is 0. The van der Waals surface area contributed by atoms with Crippen LogP contribution in [0.5, 0.6) is 0 Å². The predicted molar refractivity (Wildman–Crippen MR) is 93.4 cm³/mol. The van der Waals surface area contributed by atoms with E-state index in [1.165, 1.54) is 16.7 Å². The Balaban J connectivity index is 1.66. The average Bonchev–Trinajstić information content (AvgIpc) is 2.80. The number of carbonyl (C=O) groups is 2. The molecule has 1 aliphatic rings. The molecular weight excluding hydrogens is 322 g/mol. The lowest BCUT2D eigenvalue weighted by molar-refractivity contribution is 0.0664. The van der Waals surface area contributed by atoms with E-state index in [2.05, 4.69) is 23.8 Å². The van der Waals surface area contributed by atoms with E-state index in [0.717, 1.165) is 16.5 Å². The molecule has 3 rings (SSSR count). The first-order valence-electron chi connectivity index (χ1n) is 7.91. The standard InChI is InChI=1S/C18H19N3O2S/c1-11(2)16-19-12(3)10-15(20-16)24-9-8-21-17(22)13-6-4-5-7-14(13)18(21)23/h4-7,10-11H,8-9H2,1-3H3. The maximum absolute atomic E-state index is 12.3. The van der Waals surface area contributed by atoms with Gasteiger partial charge in [0.1, 0.15) is 10.9 Å². The van der Waals surface area contributed by atoms with E-state index in [1.54, 1.807) is 24.3 Å². The molecule has 0 saturated carbocycles. The number of hydrogen-bond acceptors (Lipinski definition) is 5. The van der Waals surface area contributed by atoms with E-state index in [4.69, 9.17) is 0 Å². The minimum Gasteiger partial charge on any atom is -0.273 e. The minimum atomic E-state index is -0.210. The predicted octanol–water partition coefficient (Wildman–Crippen LogP) is 3.30. The summed E-state index contributed by atoms with van der Waals surface area (Å²) in [6.07, 6.45) is 0. The Morgan fingerprint density at radius 1 is 1.08 bits per heavy atom. The van der Waals surface area contributed by atoms with Gasteiger partial charge in [0.15, 0.2) is 0 Å². The molecule has 2 aromatic rings. The minimum absolute atomic E-state index is 0.210. The van der Waals surface area contributed by atoms with Crippen molar-refractivity contribution in [3.8, 4) is 0 Å². The maximum atomic E-state index is 12.3. The number of amides is 2. The van der Waals surface area contributed by atoms with Gasteiger partial charge in [-0.2, -0.15) is 0 Å². The molecule has 0 fully saturated rings. The quantitative estimate of drug-likeness (QED) is 0.474. The van der Waals surface area contributed by atoms with E-state index in [0.29, 0.717) is 23.4 Å². The van der Waals surface area contributed by atoms with Crippen LogP contribution in [-0.2, 0) is 0 Å². The van der Waals surface area contributed by atoms with Crippen molar-refractivity contribution >= 4 is 23.6 Å². The Hall–Kier alpha value is -2.21. The molecule has 0 unspecified atom stereocenters. The molecular formula is C18H19N3O2S. The van der Waals surface area contributed by atoms with Gasteiger partial charge in [-0.15, -0.1) is 11.8 Å². The molecule has 0 bridgehead atoms. The molecule has 0 aliphatic carbocycles. The Bertz CT molecular complexity index is 770. The van der Waals surface area contributed by atoms with Crippen molar-refractivity contribution < 1.29 is 9.59 Å². The highest BCUT2D eigenvalue weighted by Gasteiger charge is 2.34. The molecule has 1 aromatic heterocycles. The fourth-order valence-corrected chi connectivity index (χ4v) is 3.47. The number of fused-ring (bicyclic) bond motifs is 1. The van der Waals surface area contributed by atoms with E-state index in [-0.39, 0.29) is 17.7 Å². The van der Waals surface area contributed by atoms with E-state index >= 15 is 0 Å². The van der Waals surface area contributed by atoms with Gasteiger partial charge >= 0.3 is 0 Å². The number of hydrogen-bond donors (Lipinski definition) is 0. The number of aromatic nitrogens is 2. The van der Waals surface area contributed by atoms with Crippen molar-refractivity contribution in [2.24, 2.45) is 0 Å². The number of carbonyl (C=O) groups excluding carboxylic acids is 2. The van der Waals surface area contributed by atoms with Crippen LogP contribution in [0.2, 0.25) is 0 Å². The number of aryl methyl sites for hydroxylation is 1. The molecule has 1 aliphatic heterocycles. The summed E-state index contributed by atoms with van der Waals surface area (Å²) in [5.74, 6) is 1.27. The molecule has 0 saturated heterocycles. The van der Waals surface area contributed by atoms with E-state index < -0.39 is 0 Å². The van der Waals surface area contributed by atoms with Gasteiger partial charge in [0.25, 0.3) is 11.8 Å². The van der Waals surface area contributed by atoms with Gasteiger partial charge < -0.3 is 0 Å². The highest BCUT2D eigenvalue weighted by atomic mass is 32.2. The lowest BCUT2D eigenvalue weighted by atomic mass is 10.1. The number of rotatable bonds is 5. The van der Waals surface area contributed by atoms with Gasteiger partial charge in [-0.1, -0.05) is 26.0 Å². The Morgan fingerprint density at radius 3 is 2.29 bits per heavy atom. The Kier molecular flexibility index (Phi) is 4.66. The number of benzene rings is 1. The second-order valence-electron chi connectivity index (χ2n) is 6.02. The van der Waals surface area contributed by atoms with E-state index in [1.807, 2.05) is 13.0 Å². The second-order valence-corrected chi connectivity index (χ2v) is 7.13. The Labute approximate surface area is 145 Å². The summed E-state index contributed by atoms with van der Waals surface area (Å²) in [7, 11) is 0. The Morgan fingerprint density at radius 2 is 1.71 bits per heavy atom. The van der Waals surface area contributed by atoms with Crippen LogP contribution < -0.4 is 0 Å². The molecule has 5 nitrogen and oxygen atoms in total. The first-order valence-corrected chi connectivity index (χ1v) is 8.89. The summed E-state index contributed by atoms with van der Waals surface area (Å²) in [5.41, 5.74) is 1.91. The fourth-order valence-electron chi connectivity index (χ4n) is 2.58. The SMILES string of the molecule is Cc1cc(SCCN2C(=O)c3ccccc3C2=O)nc(C(C)C)n1. The van der Waals surface area contributed by atoms with Crippen LogP contribution in [-0.4, -0.2) is 39.0 Å². The van der Waals surface area contributed by atoms with E-state index in [9.17, 15) is 9.59 Å². The van der Waals surface area contributed by atoms with Crippen molar-refractivity contribution in [2.75, 3.05) is 12.3 Å². The van der Waals surface area contributed by atoms with Crippen molar-refractivity contribution in [1.29, 1.82) is 0 Å². The molecule has 2 heterocycles. The summed E-state index contributed by atoms with van der Waals surface area (Å²) in [4.78, 5) is 34.9. The zero-order valence-electron chi connectivity index (χ0n) is 13.9. The second kappa shape index (κ2) is 6.73. The van der Waals surface area contributed by atoms with Crippen LogP contribution in [0.1, 0.15) is 52.0 Å². The molecule has 0 radical (unpaired) electrons. The summed E-state index contributed by atoms with van der Waals surface area (Å²) >= 11 is 1.54. The van der Waals surface area contributed by atoms with Gasteiger partial charge in [-0.25, -0.2) is 9.97 Å². The molecule has 24 heavy (non-hydrogen) atoms. The van der Waals surface area contributed by atoms with Crippen LogP contribution in [0.25, 0.3) is 0 Å². The third-order valence-corrected chi connectivity index (χ3v) is 4.70. The monoisotopic (exact) mass is 341 g/mol. The molecule has 0 spiro atoms. The first-order chi connectivity index (χ1) is 11.5. The normalized spacial score (nSPS) is 13.8. The molecule has 124 valence electrons. The fraction of sp³-hybridized carbons (Fsp3) is 0.333. The highest BCUT2D eigenvalue weighted by molar-refractivity contribution is 7.99. The number of imide groups is 1. The van der Waals surface area contributed by atoms with Crippen LogP contribution >= 0.6 is 11.8 Å². The van der Waals surface area contributed by atoms with Gasteiger partial charge in [0, 0.05) is 23.9 Å². The molecule has 0 N–H and O–H groups in total. The van der Waals surface area contributed by atoms with Crippen LogP contribution in [0.4, 0.5) is 0 Å². The number of nitrogens with zero attached hydrogens (tertiary/aromatic N) is 3. The largest absolute Gasteiger partial charge is 0.273 e. The maximum Gasteiger partial charge on any atom is 0.261 e. The molecule has 0 atom stereocenters. The van der Waals surface area contributed by atoms with Crippen molar-refractivity contribution in [2.45, 2.75) is 31.7 Å². The smallest absolute Gasteiger partial charge is 0.261 e. The molecule has 6 heteroatoms. The van der Waals surface area contributed by atoms with Crippen molar-refractivity contribution in [3.63, 3.8) is 0 Å².